The Morgan fingerprint density at radius 2 is 1.67 bits per heavy atom. The number of nitrogens with one attached hydrogen (secondary N) is 2. The highest BCUT2D eigenvalue weighted by molar-refractivity contribution is 9.11. The fourth-order valence-electron chi connectivity index (χ4n) is 2.74. The first-order valence-electron chi connectivity index (χ1n) is 8.98. The first-order valence-corrected chi connectivity index (χ1v) is 12.1. The predicted molar refractivity (Wildman–Crippen MR) is 121 cm³/mol. The molecule has 0 aliphatic heterocycles. The van der Waals surface area contributed by atoms with Crippen molar-refractivity contribution in [3.63, 3.8) is 0 Å². The number of carbonyl (C=O) groups is 2. The van der Waals surface area contributed by atoms with E-state index in [1.165, 1.54) is 13.0 Å². The maximum Gasteiger partial charge on any atom is 0.250 e. The average Bonchev–Trinajstić information content (AvgIpc) is 3.16. The fourth-order valence-corrected chi connectivity index (χ4v) is 5.96. The van der Waals surface area contributed by atoms with E-state index in [0.29, 0.717) is 15.0 Å². The zero-order valence-corrected chi connectivity index (χ0v) is 19.2. The number of rotatable bonds is 8. The standard InChI is InChI=1S/C21H19BrN2O4S2/c1-14(25)16-7-9-17(10-8-16)23-21(26)18(13-15-5-3-2-4-6-15)24-30(27,28)20-12-11-19(22)29-20/h2-12,18,24H,13H2,1H3,(H,23,26). The summed E-state index contributed by atoms with van der Waals surface area (Å²) in [6.07, 6.45) is 0.185. The zero-order chi connectivity index (χ0) is 21.7. The topological polar surface area (TPSA) is 92.3 Å². The van der Waals surface area contributed by atoms with Gasteiger partial charge >= 0.3 is 0 Å². The molecule has 1 heterocycles. The van der Waals surface area contributed by atoms with Gasteiger partial charge in [-0.3, -0.25) is 9.59 Å². The summed E-state index contributed by atoms with van der Waals surface area (Å²) in [5, 5.41) is 2.72. The molecule has 0 saturated heterocycles. The van der Waals surface area contributed by atoms with Gasteiger partial charge in [0.05, 0.1) is 3.79 Å². The van der Waals surface area contributed by atoms with Gasteiger partial charge in [0.2, 0.25) is 5.91 Å². The Hall–Kier alpha value is -2.33. The van der Waals surface area contributed by atoms with Crippen LogP contribution in [0.15, 0.2) is 74.7 Å². The number of halogens is 1. The maximum absolute atomic E-state index is 12.9. The molecule has 156 valence electrons. The van der Waals surface area contributed by atoms with Crippen LogP contribution >= 0.6 is 27.3 Å². The Bertz CT molecular complexity index is 1140. The molecule has 2 N–H and O–H groups in total. The number of sulfonamides is 1. The number of hydrogen-bond donors (Lipinski definition) is 2. The van der Waals surface area contributed by atoms with Crippen molar-refractivity contribution in [3.8, 4) is 0 Å². The lowest BCUT2D eigenvalue weighted by Gasteiger charge is -2.18. The van der Waals surface area contributed by atoms with Crippen LogP contribution in [0.25, 0.3) is 0 Å². The summed E-state index contributed by atoms with van der Waals surface area (Å²) in [6.45, 7) is 1.46. The van der Waals surface area contributed by atoms with E-state index < -0.39 is 22.0 Å². The second-order valence-electron chi connectivity index (χ2n) is 6.54. The van der Waals surface area contributed by atoms with Gasteiger partial charge in [0.15, 0.2) is 5.78 Å². The van der Waals surface area contributed by atoms with Crippen LogP contribution in [0.4, 0.5) is 5.69 Å². The van der Waals surface area contributed by atoms with Crippen LogP contribution < -0.4 is 10.0 Å². The molecule has 1 amide bonds. The van der Waals surface area contributed by atoms with Crippen molar-refractivity contribution in [2.45, 2.75) is 23.6 Å². The van der Waals surface area contributed by atoms with Gasteiger partial charge in [-0.05, 0) is 71.2 Å². The SMILES string of the molecule is CC(=O)c1ccc(NC(=O)C(Cc2ccccc2)NS(=O)(=O)c2ccc(Br)s2)cc1. The molecule has 2 aromatic carbocycles. The molecular formula is C21H19BrN2O4S2. The van der Waals surface area contributed by atoms with E-state index in [0.717, 1.165) is 16.9 Å². The number of hydrogen-bond acceptors (Lipinski definition) is 5. The second-order valence-corrected chi connectivity index (χ2v) is 10.9. The van der Waals surface area contributed by atoms with Crippen molar-refractivity contribution in [2.75, 3.05) is 5.32 Å². The highest BCUT2D eigenvalue weighted by Crippen LogP contribution is 2.26. The third-order valence-electron chi connectivity index (χ3n) is 4.27. The molecule has 0 saturated carbocycles. The normalized spacial score (nSPS) is 12.3. The first-order chi connectivity index (χ1) is 14.2. The van der Waals surface area contributed by atoms with Crippen LogP contribution in [0.1, 0.15) is 22.8 Å². The van der Waals surface area contributed by atoms with Crippen LogP contribution in [-0.2, 0) is 21.2 Å². The molecule has 9 heteroatoms. The van der Waals surface area contributed by atoms with E-state index in [9.17, 15) is 18.0 Å². The average molecular weight is 507 g/mol. The van der Waals surface area contributed by atoms with Crippen molar-refractivity contribution in [1.29, 1.82) is 0 Å². The Morgan fingerprint density at radius 3 is 2.23 bits per heavy atom. The van der Waals surface area contributed by atoms with E-state index in [-0.39, 0.29) is 16.4 Å². The molecule has 1 aromatic heterocycles. The predicted octanol–water partition coefficient (Wildman–Crippen LogP) is 4.24. The molecular weight excluding hydrogens is 488 g/mol. The van der Waals surface area contributed by atoms with Crippen LogP contribution in [-0.4, -0.2) is 26.2 Å². The number of thiophene rings is 1. The molecule has 3 aromatic rings. The number of benzene rings is 2. The number of ketones is 1. The largest absolute Gasteiger partial charge is 0.325 e. The van der Waals surface area contributed by atoms with Crippen molar-refractivity contribution >= 4 is 54.7 Å². The molecule has 0 aliphatic carbocycles. The fraction of sp³-hybridized carbons (Fsp3) is 0.143. The lowest BCUT2D eigenvalue weighted by atomic mass is 10.1. The van der Waals surface area contributed by atoms with Crippen molar-refractivity contribution < 1.29 is 18.0 Å². The van der Waals surface area contributed by atoms with Gasteiger partial charge in [0.25, 0.3) is 10.0 Å². The highest BCUT2D eigenvalue weighted by atomic mass is 79.9. The molecule has 1 atom stereocenters. The molecule has 0 radical (unpaired) electrons. The van der Waals surface area contributed by atoms with Gasteiger partial charge in [-0.15, -0.1) is 11.3 Å². The van der Waals surface area contributed by atoms with Gasteiger partial charge in [-0.25, -0.2) is 8.42 Å². The first kappa shape index (κ1) is 22.4. The maximum atomic E-state index is 12.9. The van der Waals surface area contributed by atoms with E-state index in [4.69, 9.17) is 0 Å². The summed E-state index contributed by atoms with van der Waals surface area (Å²) >= 11 is 4.32. The molecule has 0 aliphatic rings. The lowest BCUT2D eigenvalue weighted by Crippen LogP contribution is -2.45. The van der Waals surface area contributed by atoms with Crippen molar-refractivity contribution in [2.24, 2.45) is 0 Å². The smallest absolute Gasteiger partial charge is 0.250 e. The quantitative estimate of drug-likeness (QED) is 0.446. The van der Waals surface area contributed by atoms with Crippen LogP contribution in [0, 0.1) is 0 Å². The van der Waals surface area contributed by atoms with Crippen LogP contribution in [0.5, 0.6) is 0 Å². The van der Waals surface area contributed by atoms with E-state index in [1.807, 2.05) is 30.3 Å². The second kappa shape index (κ2) is 9.65. The van der Waals surface area contributed by atoms with Crippen molar-refractivity contribution in [3.05, 3.63) is 81.6 Å². The monoisotopic (exact) mass is 506 g/mol. The molecule has 0 bridgehead atoms. The summed E-state index contributed by atoms with van der Waals surface area (Å²) in [5.41, 5.74) is 1.82. The Balaban J connectivity index is 1.82. The molecule has 6 nitrogen and oxygen atoms in total. The van der Waals surface area contributed by atoms with Gasteiger partial charge in [-0.1, -0.05) is 30.3 Å². The summed E-state index contributed by atoms with van der Waals surface area (Å²) in [7, 11) is -3.88. The summed E-state index contributed by atoms with van der Waals surface area (Å²) in [6, 6.07) is 17.7. The van der Waals surface area contributed by atoms with E-state index in [1.54, 1.807) is 30.3 Å². The zero-order valence-electron chi connectivity index (χ0n) is 16.0. The Morgan fingerprint density at radius 1 is 1.00 bits per heavy atom. The van der Waals surface area contributed by atoms with Gasteiger partial charge < -0.3 is 5.32 Å². The molecule has 3 rings (SSSR count). The highest BCUT2D eigenvalue weighted by Gasteiger charge is 2.27. The van der Waals surface area contributed by atoms with Gasteiger partial charge in [0, 0.05) is 11.3 Å². The van der Waals surface area contributed by atoms with Gasteiger partial charge in [-0.2, -0.15) is 4.72 Å². The van der Waals surface area contributed by atoms with Crippen LogP contribution in [0.2, 0.25) is 0 Å². The van der Waals surface area contributed by atoms with E-state index in [2.05, 4.69) is 26.0 Å². The van der Waals surface area contributed by atoms with Crippen molar-refractivity contribution in [1.82, 2.24) is 4.72 Å². The number of anilines is 1. The minimum absolute atomic E-state index is 0.0790. The summed E-state index contributed by atoms with van der Waals surface area (Å²) in [5.74, 6) is -0.571. The molecule has 1 unspecified atom stereocenters. The van der Waals surface area contributed by atoms with E-state index >= 15 is 0 Å². The lowest BCUT2D eigenvalue weighted by molar-refractivity contribution is -0.117. The Kier molecular flexibility index (Phi) is 7.19. The summed E-state index contributed by atoms with van der Waals surface area (Å²) < 4.78 is 28.9. The molecule has 0 spiro atoms. The third-order valence-corrected chi connectivity index (χ3v) is 7.86. The number of Topliss-reactive ketones (excluding diaryl/α,β-unsaturated/α-hetero) is 1. The Labute approximate surface area is 187 Å². The minimum Gasteiger partial charge on any atom is -0.325 e. The molecule has 30 heavy (non-hydrogen) atoms. The third kappa shape index (κ3) is 5.85. The summed E-state index contributed by atoms with van der Waals surface area (Å²) in [4.78, 5) is 24.4. The van der Waals surface area contributed by atoms with Crippen LogP contribution in [0.3, 0.4) is 0 Å². The molecule has 0 fully saturated rings. The number of amides is 1. The van der Waals surface area contributed by atoms with Gasteiger partial charge in [0.1, 0.15) is 10.3 Å². The minimum atomic E-state index is -3.88. The number of carbonyl (C=O) groups excluding carboxylic acids is 2.